The van der Waals surface area contributed by atoms with Gasteiger partial charge in [0.05, 0.1) is 10.0 Å². The average Bonchev–Trinajstić information content (AvgIpc) is 2.35. The third-order valence-electron chi connectivity index (χ3n) is 2.36. The molecule has 92 valence electrons. The van der Waals surface area contributed by atoms with Crippen molar-refractivity contribution in [1.82, 2.24) is 4.98 Å². The van der Waals surface area contributed by atoms with Crippen molar-refractivity contribution in [2.75, 3.05) is 5.32 Å². The van der Waals surface area contributed by atoms with Crippen LogP contribution in [0.5, 0.6) is 0 Å². The van der Waals surface area contributed by atoms with Crippen molar-refractivity contribution in [3.8, 4) is 0 Å². The van der Waals surface area contributed by atoms with Crippen molar-refractivity contribution in [3.63, 3.8) is 0 Å². The van der Waals surface area contributed by atoms with Gasteiger partial charge in [-0.3, -0.25) is 4.79 Å². The minimum Gasteiger partial charge on any atom is -0.306 e. The molecule has 0 radical (unpaired) electrons. The van der Waals surface area contributed by atoms with Gasteiger partial charge in [0.2, 0.25) is 0 Å². The topological polar surface area (TPSA) is 42.0 Å². The summed E-state index contributed by atoms with van der Waals surface area (Å²) in [5, 5.41) is 2.77. The normalized spacial score (nSPS) is 10.2. The zero-order valence-electron chi connectivity index (χ0n) is 9.58. The number of nitrogens with one attached hydrogen (secondary N) is 1. The second-order valence-corrected chi connectivity index (χ2v) is 5.48. The Bertz CT molecular complexity index is 599. The van der Waals surface area contributed by atoms with Crippen molar-refractivity contribution in [1.29, 1.82) is 0 Å². The molecule has 5 heteroatoms. The molecule has 0 atom stereocenters. The maximum atomic E-state index is 12.1. The fourth-order valence-corrected chi connectivity index (χ4v) is 2.25. The molecule has 18 heavy (non-hydrogen) atoms. The number of aromatic nitrogens is 1. The Morgan fingerprint density at radius 3 is 2.72 bits per heavy atom. The van der Waals surface area contributed by atoms with E-state index < -0.39 is 0 Å². The first-order valence-corrected chi connectivity index (χ1v) is 6.84. The molecular formula is C13H10Br2N2O. The van der Waals surface area contributed by atoms with Crippen LogP contribution in [0, 0.1) is 6.92 Å². The number of hydrogen-bond donors (Lipinski definition) is 1. The summed E-state index contributed by atoms with van der Waals surface area (Å²) in [7, 11) is 0. The number of halogens is 2. The predicted molar refractivity (Wildman–Crippen MR) is 78.8 cm³/mol. The fourth-order valence-electron chi connectivity index (χ4n) is 1.47. The molecule has 0 bridgehead atoms. The number of carbonyl (C=O) groups is 1. The second-order valence-electron chi connectivity index (χ2n) is 3.77. The molecule has 0 saturated heterocycles. The first kappa shape index (κ1) is 13.2. The molecule has 0 fully saturated rings. The van der Waals surface area contributed by atoms with E-state index >= 15 is 0 Å². The lowest BCUT2D eigenvalue weighted by molar-refractivity contribution is 0.102. The molecule has 0 aliphatic rings. The highest BCUT2D eigenvalue weighted by Crippen LogP contribution is 2.22. The zero-order chi connectivity index (χ0) is 13.1. The Labute approximate surface area is 122 Å². The third-order valence-corrected chi connectivity index (χ3v) is 3.69. The van der Waals surface area contributed by atoms with E-state index in [9.17, 15) is 4.79 Å². The lowest BCUT2D eigenvalue weighted by atomic mass is 10.1. The number of pyridine rings is 1. The number of benzene rings is 1. The summed E-state index contributed by atoms with van der Waals surface area (Å²) in [6, 6.07) is 9.25. The van der Waals surface area contributed by atoms with Gasteiger partial charge in [-0.1, -0.05) is 11.6 Å². The van der Waals surface area contributed by atoms with Crippen molar-refractivity contribution < 1.29 is 4.79 Å². The van der Waals surface area contributed by atoms with Gasteiger partial charge in [0.1, 0.15) is 5.82 Å². The van der Waals surface area contributed by atoms with Gasteiger partial charge in [-0.05, 0) is 63.0 Å². The summed E-state index contributed by atoms with van der Waals surface area (Å²) in [5.41, 5.74) is 1.62. The monoisotopic (exact) mass is 368 g/mol. The van der Waals surface area contributed by atoms with Crippen LogP contribution < -0.4 is 5.32 Å². The molecule has 1 N–H and O–H groups in total. The Kier molecular flexibility index (Phi) is 4.14. The summed E-state index contributed by atoms with van der Waals surface area (Å²) in [4.78, 5) is 16.2. The number of rotatable bonds is 2. The van der Waals surface area contributed by atoms with Gasteiger partial charge in [-0.15, -0.1) is 0 Å². The Hall–Kier alpha value is -1.20. The van der Waals surface area contributed by atoms with Crippen LogP contribution in [0.1, 0.15) is 15.9 Å². The summed E-state index contributed by atoms with van der Waals surface area (Å²) >= 11 is 6.71. The largest absolute Gasteiger partial charge is 0.306 e. The van der Waals surface area contributed by atoms with E-state index in [0.717, 1.165) is 14.5 Å². The van der Waals surface area contributed by atoms with Crippen LogP contribution in [0.3, 0.4) is 0 Å². The third kappa shape index (κ3) is 2.97. The molecule has 0 unspecified atom stereocenters. The molecule has 0 saturated carbocycles. The number of nitrogens with zero attached hydrogens (tertiary/aromatic N) is 1. The van der Waals surface area contributed by atoms with Gasteiger partial charge >= 0.3 is 0 Å². The van der Waals surface area contributed by atoms with Gasteiger partial charge < -0.3 is 5.32 Å². The van der Waals surface area contributed by atoms with E-state index in [1.54, 1.807) is 12.3 Å². The van der Waals surface area contributed by atoms with Crippen LogP contribution in [0.4, 0.5) is 5.82 Å². The summed E-state index contributed by atoms with van der Waals surface area (Å²) in [5.74, 6) is 0.320. The average molecular weight is 370 g/mol. The van der Waals surface area contributed by atoms with Gasteiger partial charge in [-0.25, -0.2) is 4.98 Å². The number of carbonyl (C=O) groups excluding carboxylic acids is 1. The number of anilines is 1. The Morgan fingerprint density at radius 1 is 1.22 bits per heavy atom. The molecule has 1 amide bonds. The predicted octanol–water partition coefficient (Wildman–Crippen LogP) is 4.17. The summed E-state index contributed by atoms with van der Waals surface area (Å²) < 4.78 is 1.51. The molecule has 3 nitrogen and oxygen atoms in total. The van der Waals surface area contributed by atoms with Crippen molar-refractivity contribution in [3.05, 3.63) is 56.6 Å². The van der Waals surface area contributed by atoms with E-state index in [2.05, 4.69) is 42.2 Å². The highest BCUT2D eigenvalue weighted by atomic mass is 79.9. The number of aryl methyl sites for hydroxylation is 1. The molecule has 1 aromatic heterocycles. The van der Waals surface area contributed by atoms with Gasteiger partial charge in [0, 0.05) is 10.7 Å². The minimum atomic E-state index is -0.190. The van der Waals surface area contributed by atoms with Crippen molar-refractivity contribution >= 4 is 43.6 Å². The molecule has 0 aliphatic carbocycles. The standard InChI is InChI=1S/C13H10Br2N2O/c1-8-4-5-10(14)9(7-8)13(18)17-12-11(15)3-2-6-16-12/h2-7H,1H3,(H,16,17,18). The van der Waals surface area contributed by atoms with Crippen LogP contribution >= 0.6 is 31.9 Å². The van der Waals surface area contributed by atoms with Crippen LogP contribution in [-0.2, 0) is 0 Å². The maximum absolute atomic E-state index is 12.1. The highest BCUT2D eigenvalue weighted by Gasteiger charge is 2.12. The van der Waals surface area contributed by atoms with E-state index in [4.69, 9.17) is 0 Å². The lowest BCUT2D eigenvalue weighted by Crippen LogP contribution is -2.14. The lowest BCUT2D eigenvalue weighted by Gasteiger charge is -2.08. The SMILES string of the molecule is Cc1ccc(Br)c(C(=O)Nc2ncccc2Br)c1. The molecular weight excluding hydrogens is 360 g/mol. The number of hydrogen-bond acceptors (Lipinski definition) is 2. The molecule has 2 aromatic rings. The van der Waals surface area contributed by atoms with Gasteiger partial charge in [-0.2, -0.15) is 0 Å². The maximum Gasteiger partial charge on any atom is 0.258 e. The first-order chi connectivity index (χ1) is 8.58. The van der Waals surface area contributed by atoms with Crippen molar-refractivity contribution in [2.45, 2.75) is 6.92 Å². The Morgan fingerprint density at radius 2 is 2.00 bits per heavy atom. The van der Waals surface area contributed by atoms with E-state index in [1.165, 1.54) is 0 Å². The highest BCUT2D eigenvalue weighted by molar-refractivity contribution is 9.11. The van der Waals surface area contributed by atoms with E-state index in [0.29, 0.717) is 11.4 Å². The first-order valence-electron chi connectivity index (χ1n) is 5.26. The van der Waals surface area contributed by atoms with E-state index in [-0.39, 0.29) is 5.91 Å². The summed E-state index contributed by atoms with van der Waals surface area (Å²) in [6.45, 7) is 1.94. The fraction of sp³-hybridized carbons (Fsp3) is 0.0769. The molecule has 1 aromatic carbocycles. The van der Waals surface area contributed by atoms with Crippen LogP contribution in [0.2, 0.25) is 0 Å². The molecule has 1 heterocycles. The van der Waals surface area contributed by atoms with Crippen molar-refractivity contribution in [2.24, 2.45) is 0 Å². The van der Waals surface area contributed by atoms with Crippen LogP contribution in [0.25, 0.3) is 0 Å². The smallest absolute Gasteiger partial charge is 0.258 e. The molecule has 0 spiro atoms. The summed E-state index contributed by atoms with van der Waals surface area (Å²) in [6.07, 6.45) is 1.63. The van der Waals surface area contributed by atoms with Crippen LogP contribution in [-0.4, -0.2) is 10.9 Å². The molecule has 2 rings (SSSR count). The van der Waals surface area contributed by atoms with Gasteiger partial charge in [0.25, 0.3) is 5.91 Å². The van der Waals surface area contributed by atoms with Crippen LogP contribution in [0.15, 0.2) is 45.5 Å². The minimum absolute atomic E-state index is 0.190. The molecule has 0 aliphatic heterocycles. The quantitative estimate of drug-likeness (QED) is 0.863. The zero-order valence-corrected chi connectivity index (χ0v) is 12.7. The Balaban J connectivity index is 2.28. The second kappa shape index (κ2) is 5.63. The van der Waals surface area contributed by atoms with E-state index in [1.807, 2.05) is 31.2 Å². The number of amides is 1. The van der Waals surface area contributed by atoms with Gasteiger partial charge in [0.15, 0.2) is 0 Å².